The minimum absolute atomic E-state index is 0.142. The zero-order chi connectivity index (χ0) is 15.3. The second kappa shape index (κ2) is 6.83. The fourth-order valence-corrected chi connectivity index (χ4v) is 2.18. The number of nitrogens with zero attached hydrogens (tertiary/aromatic N) is 2. The van der Waals surface area contributed by atoms with Crippen LogP contribution in [0.5, 0.6) is 0 Å². The third-order valence-corrected chi connectivity index (χ3v) is 3.44. The number of methoxy groups -OCH3 is 1. The fourth-order valence-electron chi connectivity index (χ4n) is 2.18. The third-order valence-electron chi connectivity index (χ3n) is 3.44. The Bertz CT molecular complexity index is 552. The van der Waals surface area contributed by atoms with Crippen LogP contribution in [-0.4, -0.2) is 29.0 Å². The summed E-state index contributed by atoms with van der Waals surface area (Å²) in [6.07, 6.45) is 0.906. The summed E-state index contributed by atoms with van der Waals surface area (Å²) in [7, 11) is 1.73. The first kappa shape index (κ1) is 15.7. The molecule has 5 nitrogen and oxygen atoms in total. The van der Waals surface area contributed by atoms with E-state index in [4.69, 9.17) is 9.15 Å². The monoisotopic (exact) mass is 289 g/mol. The number of aromatic nitrogens is 2. The standard InChI is InChI=1S/C16H23N3O2/c1-12(10-16(2,3)20-4)17-11-14-18-19-15(21-14)13-8-6-5-7-9-13/h5-9,12,17H,10-11H2,1-4H3/t12-/m1/s1. The number of hydrogen-bond acceptors (Lipinski definition) is 5. The van der Waals surface area contributed by atoms with Gasteiger partial charge in [-0.1, -0.05) is 18.2 Å². The summed E-state index contributed by atoms with van der Waals surface area (Å²) in [5.41, 5.74) is 0.793. The van der Waals surface area contributed by atoms with Gasteiger partial charge in [-0.3, -0.25) is 0 Å². The van der Waals surface area contributed by atoms with E-state index in [1.807, 2.05) is 30.3 Å². The minimum Gasteiger partial charge on any atom is -0.419 e. The number of rotatable bonds is 7. The van der Waals surface area contributed by atoms with Gasteiger partial charge in [0.2, 0.25) is 11.8 Å². The highest BCUT2D eigenvalue weighted by molar-refractivity contribution is 5.51. The molecule has 1 atom stereocenters. The first-order valence-electron chi connectivity index (χ1n) is 7.16. The molecule has 1 heterocycles. The highest BCUT2D eigenvalue weighted by atomic mass is 16.5. The normalized spacial score (nSPS) is 13.3. The first-order valence-corrected chi connectivity index (χ1v) is 7.16. The van der Waals surface area contributed by atoms with Crippen molar-refractivity contribution in [2.75, 3.05) is 7.11 Å². The molecule has 1 aromatic carbocycles. The van der Waals surface area contributed by atoms with Crippen LogP contribution in [-0.2, 0) is 11.3 Å². The highest BCUT2D eigenvalue weighted by Crippen LogP contribution is 2.18. The maximum absolute atomic E-state index is 5.66. The predicted molar refractivity (Wildman–Crippen MR) is 81.7 cm³/mol. The van der Waals surface area contributed by atoms with Gasteiger partial charge in [-0.25, -0.2) is 0 Å². The molecule has 114 valence electrons. The van der Waals surface area contributed by atoms with E-state index in [-0.39, 0.29) is 5.60 Å². The Morgan fingerprint density at radius 2 is 1.95 bits per heavy atom. The molecule has 2 aromatic rings. The predicted octanol–water partition coefficient (Wildman–Crippen LogP) is 3.03. The van der Waals surface area contributed by atoms with E-state index in [1.165, 1.54) is 0 Å². The Balaban J connectivity index is 1.89. The lowest BCUT2D eigenvalue weighted by Gasteiger charge is -2.26. The van der Waals surface area contributed by atoms with Crippen molar-refractivity contribution in [1.29, 1.82) is 0 Å². The van der Waals surface area contributed by atoms with Gasteiger partial charge >= 0.3 is 0 Å². The van der Waals surface area contributed by atoms with Crippen molar-refractivity contribution in [2.24, 2.45) is 0 Å². The Labute approximate surface area is 125 Å². The summed E-state index contributed by atoms with van der Waals surface area (Å²) in [4.78, 5) is 0. The van der Waals surface area contributed by atoms with Crippen molar-refractivity contribution in [3.63, 3.8) is 0 Å². The number of ether oxygens (including phenoxy) is 1. The van der Waals surface area contributed by atoms with Gasteiger partial charge in [0.1, 0.15) is 0 Å². The van der Waals surface area contributed by atoms with Crippen molar-refractivity contribution >= 4 is 0 Å². The summed E-state index contributed by atoms with van der Waals surface area (Å²) >= 11 is 0. The van der Waals surface area contributed by atoms with Crippen LogP contribution in [0.4, 0.5) is 0 Å². The van der Waals surface area contributed by atoms with Gasteiger partial charge in [-0.2, -0.15) is 0 Å². The molecule has 0 spiro atoms. The Kier molecular flexibility index (Phi) is 5.09. The molecule has 0 unspecified atom stereocenters. The number of benzene rings is 1. The van der Waals surface area contributed by atoms with Gasteiger partial charge < -0.3 is 14.5 Å². The van der Waals surface area contributed by atoms with Gasteiger partial charge in [0.15, 0.2) is 0 Å². The molecular weight excluding hydrogens is 266 g/mol. The van der Waals surface area contributed by atoms with Crippen LogP contribution in [0.1, 0.15) is 33.1 Å². The van der Waals surface area contributed by atoms with Crippen LogP contribution in [0.25, 0.3) is 11.5 Å². The van der Waals surface area contributed by atoms with E-state index in [0.29, 0.717) is 24.4 Å². The third kappa shape index (κ3) is 4.65. The van der Waals surface area contributed by atoms with E-state index in [2.05, 4.69) is 36.3 Å². The van der Waals surface area contributed by atoms with Crippen molar-refractivity contribution < 1.29 is 9.15 Å². The zero-order valence-corrected chi connectivity index (χ0v) is 13.1. The van der Waals surface area contributed by atoms with E-state index >= 15 is 0 Å². The van der Waals surface area contributed by atoms with Gasteiger partial charge in [-0.05, 0) is 39.3 Å². The average molecular weight is 289 g/mol. The van der Waals surface area contributed by atoms with Crippen molar-refractivity contribution in [3.05, 3.63) is 36.2 Å². The molecule has 1 N–H and O–H groups in total. The Morgan fingerprint density at radius 3 is 2.62 bits per heavy atom. The molecule has 21 heavy (non-hydrogen) atoms. The van der Waals surface area contributed by atoms with Crippen LogP contribution in [0, 0.1) is 0 Å². The SMILES string of the molecule is COC(C)(C)C[C@@H](C)NCc1nnc(-c2ccccc2)o1. The molecular formula is C16H23N3O2. The molecule has 1 aromatic heterocycles. The summed E-state index contributed by atoms with van der Waals surface area (Å²) < 4.78 is 11.1. The summed E-state index contributed by atoms with van der Waals surface area (Å²) in [5.74, 6) is 1.15. The van der Waals surface area contributed by atoms with Crippen molar-refractivity contribution in [3.8, 4) is 11.5 Å². The van der Waals surface area contributed by atoms with E-state index in [9.17, 15) is 0 Å². The maximum Gasteiger partial charge on any atom is 0.247 e. The lowest BCUT2D eigenvalue weighted by molar-refractivity contribution is 0.00828. The molecule has 0 amide bonds. The lowest BCUT2D eigenvalue weighted by Crippen LogP contribution is -2.35. The smallest absolute Gasteiger partial charge is 0.247 e. The van der Waals surface area contributed by atoms with Crippen molar-refractivity contribution in [2.45, 2.75) is 45.4 Å². The quantitative estimate of drug-likeness (QED) is 0.849. The first-order chi connectivity index (χ1) is 10.00. The molecule has 0 radical (unpaired) electrons. The zero-order valence-electron chi connectivity index (χ0n) is 13.1. The van der Waals surface area contributed by atoms with Crippen LogP contribution in [0.3, 0.4) is 0 Å². The number of nitrogens with one attached hydrogen (secondary N) is 1. The van der Waals surface area contributed by atoms with Crippen LogP contribution >= 0.6 is 0 Å². The lowest BCUT2D eigenvalue weighted by atomic mass is 10.00. The van der Waals surface area contributed by atoms with E-state index in [1.54, 1.807) is 7.11 Å². The van der Waals surface area contributed by atoms with Gasteiger partial charge in [-0.15, -0.1) is 10.2 Å². The van der Waals surface area contributed by atoms with Crippen LogP contribution in [0.2, 0.25) is 0 Å². The maximum atomic E-state index is 5.66. The minimum atomic E-state index is -0.142. The summed E-state index contributed by atoms with van der Waals surface area (Å²) in [5, 5.41) is 11.5. The van der Waals surface area contributed by atoms with Gasteiger partial charge in [0.25, 0.3) is 0 Å². The molecule has 0 aliphatic rings. The Morgan fingerprint density at radius 1 is 1.24 bits per heavy atom. The molecule has 0 bridgehead atoms. The Hall–Kier alpha value is -1.72. The molecule has 0 saturated carbocycles. The topological polar surface area (TPSA) is 60.2 Å². The highest BCUT2D eigenvalue weighted by Gasteiger charge is 2.20. The molecule has 0 saturated heterocycles. The van der Waals surface area contributed by atoms with E-state index in [0.717, 1.165) is 12.0 Å². The van der Waals surface area contributed by atoms with Crippen molar-refractivity contribution in [1.82, 2.24) is 15.5 Å². The van der Waals surface area contributed by atoms with Crippen LogP contribution < -0.4 is 5.32 Å². The molecule has 2 rings (SSSR count). The number of hydrogen-bond donors (Lipinski definition) is 1. The molecule has 0 aliphatic heterocycles. The van der Waals surface area contributed by atoms with Crippen LogP contribution in [0.15, 0.2) is 34.7 Å². The van der Waals surface area contributed by atoms with E-state index < -0.39 is 0 Å². The van der Waals surface area contributed by atoms with Gasteiger partial charge in [0, 0.05) is 18.7 Å². The second-order valence-electron chi connectivity index (χ2n) is 5.82. The molecule has 0 fully saturated rings. The second-order valence-corrected chi connectivity index (χ2v) is 5.82. The largest absolute Gasteiger partial charge is 0.419 e. The fraction of sp³-hybridized carbons (Fsp3) is 0.500. The molecule has 5 heteroatoms. The molecule has 0 aliphatic carbocycles. The average Bonchev–Trinajstić information content (AvgIpc) is 2.95. The summed E-state index contributed by atoms with van der Waals surface area (Å²) in [6.45, 7) is 6.83. The van der Waals surface area contributed by atoms with Gasteiger partial charge in [0.05, 0.1) is 12.1 Å². The summed E-state index contributed by atoms with van der Waals surface area (Å²) in [6, 6.07) is 10.1.